The molecule has 0 bridgehead atoms. The van der Waals surface area contributed by atoms with Crippen molar-refractivity contribution in [3.05, 3.63) is 57.3 Å². The van der Waals surface area contributed by atoms with Crippen LogP contribution < -0.4 is 10.1 Å². The fourth-order valence-corrected chi connectivity index (χ4v) is 2.88. The number of anilines is 1. The molecule has 0 heterocycles. The molecule has 2 nitrogen and oxygen atoms in total. The minimum atomic E-state index is -0.379. The second kappa shape index (κ2) is 7.14. The first-order valence-corrected chi connectivity index (χ1v) is 7.82. The number of hydrogen-bond donors (Lipinski definition) is 1. The number of ether oxygens (including phenoxy) is 1. The maximum absolute atomic E-state index is 13.8. The average Bonchev–Trinajstić information content (AvgIpc) is 2.41. The average molecular weight is 373 g/mol. The molecule has 1 unspecified atom stereocenters. The molecule has 0 spiro atoms. The van der Waals surface area contributed by atoms with Gasteiger partial charge in [-0.15, -0.1) is 0 Å². The van der Waals surface area contributed by atoms with Crippen molar-refractivity contribution in [1.29, 1.82) is 0 Å². The van der Waals surface area contributed by atoms with Gasteiger partial charge >= 0.3 is 0 Å². The van der Waals surface area contributed by atoms with Gasteiger partial charge in [0.25, 0.3) is 0 Å². The van der Waals surface area contributed by atoms with Crippen LogP contribution in [0.5, 0.6) is 5.75 Å². The summed E-state index contributed by atoms with van der Waals surface area (Å²) in [5.74, 6) is -0.117. The Kier molecular flexibility index (Phi) is 5.48. The number of halogens is 3. The quantitative estimate of drug-likeness (QED) is 0.714. The molecule has 0 fully saturated rings. The molecule has 0 aliphatic heterocycles. The van der Waals surface area contributed by atoms with Crippen molar-refractivity contribution in [3.63, 3.8) is 0 Å². The molecule has 0 saturated carbocycles. The van der Waals surface area contributed by atoms with Crippen LogP contribution in [0.2, 0.25) is 5.02 Å². The Morgan fingerprint density at radius 3 is 2.67 bits per heavy atom. The molecule has 5 heteroatoms. The molecular weight excluding hydrogens is 357 g/mol. The summed E-state index contributed by atoms with van der Waals surface area (Å²) in [5, 5.41) is 3.90. The van der Waals surface area contributed by atoms with Crippen molar-refractivity contribution in [2.45, 2.75) is 19.9 Å². The van der Waals surface area contributed by atoms with Gasteiger partial charge < -0.3 is 10.1 Å². The van der Waals surface area contributed by atoms with Gasteiger partial charge in [0, 0.05) is 27.3 Å². The lowest BCUT2D eigenvalue weighted by atomic mass is 10.1. The Balaban J connectivity index is 2.15. The molecule has 0 radical (unpaired) electrons. The Labute approximate surface area is 137 Å². The van der Waals surface area contributed by atoms with Crippen molar-refractivity contribution in [2.75, 3.05) is 11.9 Å². The van der Waals surface area contributed by atoms with E-state index in [0.29, 0.717) is 17.3 Å². The van der Waals surface area contributed by atoms with Gasteiger partial charge in [0.2, 0.25) is 0 Å². The highest BCUT2D eigenvalue weighted by molar-refractivity contribution is 9.10. The van der Waals surface area contributed by atoms with Crippen LogP contribution in [-0.4, -0.2) is 6.61 Å². The van der Waals surface area contributed by atoms with E-state index in [2.05, 4.69) is 21.2 Å². The van der Waals surface area contributed by atoms with Crippen LogP contribution in [0.3, 0.4) is 0 Å². The first-order valence-electron chi connectivity index (χ1n) is 6.65. The van der Waals surface area contributed by atoms with Gasteiger partial charge in [-0.2, -0.15) is 0 Å². The number of nitrogens with one attached hydrogen (secondary N) is 1. The van der Waals surface area contributed by atoms with Crippen LogP contribution >= 0.6 is 27.5 Å². The van der Waals surface area contributed by atoms with E-state index in [0.717, 1.165) is 10.0 Å². The van der Waals surface area contributed by atoms with Crippen molar-refractivity contribution in [2.24, 2.45) is 0 Å². The zero-order chi connectivity index (χ0) is 15.4. The zero-order valence-corrected chi connectivity index (χ0v) is 14.1. The molecule has 112 valence electrons. The highest BCUT2D eigenvalue weighted by Gasteiger charge is 2.11. The molecule has 2 rings (SSSR count). The Hall–Kier alpha value is -1.26. The summed E-state index contributed by atoms with van der Waals surface area (Å²) >= 11 is 9.60. The van der Waals surface area contributed by atoms with E-state index in [9.17, 15) is 4.39 Å². The Morgan fingerprint density at radius 2 is 2.05 bits per heavy atom. The summed E-state index contributed by atoms with van der Waals surface area (Å²) in [6.45, 7) is 4.24. The highest BCUT2D eigenvalue weighted by Crippen LogP contribution is 2.29. The van der Waals surface area contributed by atoms with E-state index in [1.165, 1.54) is 6.07 Å². The molecule has 1 atom stereocenters. The van der Waals surface area contributed by atoms with Crippen LogP contribution in [0.25, 0.3) is 0 Å². The van der Waals surface area contributed by atoms with Crippen LogP contribution in [0.4, 0.5) is 10.1 Å². The second-order valence-corrected chi connectivity index (χ2v) is 5.93. The fraction of sp³-hybridized carbons (Fsp3) is 0.250. The van der Waals surface area contributed by atoms with Gasteiger partial charge in [0.1, 0.15) is 0 Å². The van der Waals surface area contributed by atoms with Crippen LogP contribution in [0, 0.1) is 5.82 Å². The van der Waals surface area contributed by atoms with E-state index in [4.69, 9.17) is 16.3 Å². The SMILES string of the molecule is CCOc1ccc(NC(C)c2ccc(Br)cc2Cl)cc1F. The lowest BCUT2D eigenvalue weighted by molar-refractivity contribution is 0.321. The van der Waals surface area contributed by atoms with E-state index in [1.54, 1.807) is 12.1 Å². The maximum Gasteiger partial charge on any atom is 0.167 e. The third-order valence-electron chi connectivity index (χ3n) is 3.04. The van der Waals surface area contributed by atoms with Gasteiger partial charge in [0.05, 0.1) is 6.61 Å². The van der Waals surface area contributed by atoms with Gasteiger partial charge in [-0.05, 0) is 43.7 Å². The fourth-order valence-electron chi connectivity index (χ4n) is 2.04. The van der Waals surface area contributed by atoms with Crippen molar-refractivity contribution in [1.82, 2.24) is 0 Å². The van der Waals surface area contributed by atoms with Crippen LogP contribution in [0.1, 0.15) is 25.5 Å². The van der Waals surface area contributed by atoms with E-state index < -0.39 is 0 Å². The smallest absolute Gasteiger partial charge is 0.167 e. The number of benzene rings is 2. The minimum absolute atomic E-state index is 0.0389. The second-order valence-electron chi connectivity index (χ2n) is 4.61. The molecule has 2 aromatic rings. The third-order valence-corrected chi connectivity index (χ3v) is 3.86. The maximum atomic E-state index is 13.8. The first-order chi connectivity index (χ1) is 10.0. The monoisotopic (exact) mass is 371 g/mol. The molecular formula is C16H16BrClFNO. The molecule has 2 aromatic carbocycles. The van der Waals surface area contributed by atoms with Gasteiger partial charge in [-0.1, -0.05) is 33.6 Å². The molecule has 0 aliphatic rings. The Morgan fingerprint density at radius 1 is 1.29 bits per heavy atom. The summed E-state index contributed by atoms with van der Waals surface area (Å²) in [7, 11) is 0. The first kappa shape index (κ1) is 16.1. The van der Waals surface area contributed by atoms with Gasteiger partial charge in [0.15, 0.2) is 11.6 Å². The van der Waals surface area contributed by atoms with Gasteiger partial charge in [-0.25, -0.2) is 4.39 Å². The van der Waals surface area contributed by atoms with E-state index >= 15 is 0 Å². The molecule has 1 N–H and O–H groups in total. The lowest BCUT2D eigenvalue weighted by Crippen LogP contribution is -2.07. The third kappa shape index (κ3) is 4.11. The van der Waals surface area contributed by atoms with E-state index in [-0.39, 0.29) is 17.6 Å². The Bertz CT molecular complexity index is 636. The van der Waals surface area contributed by atoms with E-state index in [1.807, 2.05) is 32.0 Å². The highest BCUT2D eigenvalue weighted by atomic mass is 79.9. The van der Waals surface area contributed by atoms with Crippen LogP contribution in [-0.2, 0) is 0 Å². The van der Waals surface area contributed by atoms with Gasteiger partial charge in [-0.3, -0.25) is 0 Å². The number of hydrogen-bond acceptors (Lipinski definition) is 2. The summed E-state index contributed by atoms with van der Waals surface area (Å²) in [6.07, 6.45) is 0. The normalized spacial score (nSPS) is 12.0. The minimum Gasteiger partial charge on any atom is -0.491 e. The standard InChI is InChI=1S/C16H16BrClFNO/c1-3-21-16-7-5-12(9-15(16)19)20-10(2)13-6-4-11(17)8-14(13)18/h4-10,20H,3H2,1-2H3. The summed E-state index contributed by atoms with van der Waals surface area (Å²) in [5.41, 5.74) is 1.64. The van der Waals surface area contributed by atoms with Crippen molar-refractivity contribution >= 4 is 33.2 Å². The topological polar surface area (TPSA) is 21.3 Å². The van der Waals surface area contributed by atoms with Crippen molar-refractivity contribution in [3.8, 4) is 5.75 Å². The predicted octanol–water partition coefficient (Wildman–Crippen LogP) is 5.81. The summed E-state index contributed by atoms with van der Waals surface area (Å²) in [4.78, 5) is 0. The molecule has 0 aromatic heterocycles. The molecule has 0 aliphatic carbocycles. The number of rotatable bonds is 5. The molecule has 21 heavy (non-hydrogen) atoms. The lowest BCUT2D eigenvalue weighted by Gasteiger charge is -2.18. The zero-order valence-electron chi connectivity index (χ0n) is 11.8. The summed E-state index contributed by atoms with van der Waals surface area (Å²) in [6, 6.07) is 10.5. The van der Waals surface area contributed by atoms with Crippen LogP contribution in [0.15, 0.2) is 40.9 Å². The molecule has 0 amide bonds. The van der Waals surface area contributed by atoms with Crippen molar-refractivity contribution < 1.29 is 9.13 Å². The predicted molar refractivity (Wildman–Crippen MR) is 88.8 cm³/mol. The largest absolute Gasteiger partial charge is 0.491 e. The molecule has 0 saturated heterocycles. The summed E-state index contributed by atoms with van der Waals surface area (Å²) < 4.78 is 19.9.